The van der Waals surface area contributed by atoms with E-state index in [4.69, 9.17) is 0 Å². The maximum atomic E-state index is 12.4. The van der Waals surface area contributed by atoms with Gasteiger partial charge in [0.2, 0.25) is 0 Å². The van der Waals surface area contributed by atoms with Gasteiger partial charge in [0.1, 0.15) is 11.6 Å². The summed E-state index contributed by atoms with van der Waals surface area (Å²) >= 11 is 0. The molecule has 25 heavy (non-hydrogen) atoms. The van der Waals surface area contributed by atoms with E-state index in [-0.39, 0.29) is 11.3 Å². The molecule has 8 nitrogen and oxygen atoms in total. The Balaban J connectivity index is 1.81. The van der Waals surface area contributed by atoms with E-state index >= 15 is 0 Å². The predicted molar refractivity (Wildman–Crippen MR) is 91.9 cm³/mol. The van der Waals surface area contributed by atoms with Crippen molar-refractivity contribution in [2.75, 3.05) is 5.32 Å². The molecule has 8 heteroatoms. The third-order valence-corrected chi connectivity index (χ3v) is 3.82. The van der Waals surface area contributed by atoms with Crippen molar-refractivity contribution < 1.29 is 9.72 Å². The van der Waals surface area contributed by atoms with Crippen molar-refractivity contribution in [1.82, 2.24) is 14.5 Å². The molecule has 1 N–H and O–H groups in total. The van der Waals surface area contributed by atoms with Gasteiger partial charge in [0.25, 0.3) is 11.6 Å². The zero-order chi connectivity index (χ0) is 18.0. The van der Waals surface area contributed by atoms with Gasteiger partial charge in [0, 0.05) is 29.6 Å². The molecule has 0 bridgehead atoms. The van der Waals surface area contributed by atoms with Crippen molar-refractivity contribution in [3.63, 3.8) is 0 Å². The summed E-state index contributed by atoms with van der Waals surface area (Å²) in [7, 11) is 0. The number of imidazole rings is 1. The standard InChI is InChI=1S/C17H15N5O3/c1-11-14(4-3-5-15(11)22(24)25)17(23)20-13-6-7-16(19-10-13)21-9-8-18-12(21)2/h3-10H,1-2H3,(H,20,23). The number of nitro benzene ring substituents is 1. The van der Waals surface area contributed by atoms with Gasteiger partial charge in [-0.15, -0.1) is 0 Å². The SMILES string of the molecule is Cc1c(C(=O)Nc2ccc(-n3ccnc3C)nc2)cccc1[N+](=O)[O-]. The highest BCUT2D eigenvalue weighted by atomic mass is 16.6. The minimum absolute atomic E-state index is 0.0864. The minimum Gasteiger partial charge on any atom is -0.321 e. The summed E-state index contributed by atoms with van der Waals surface area (Å²) in [5.74, 6) is 1.06. The highest BCUT2D eigenvalue weighted by Crippen LogP contribution is 2.22. The van der Waals surface area contributed by atoms with E-state index in [2.05, 4.69) is 15.3 Å². The summed E-state index contributed by atoms with van der Waals surface area (Å²) in [6, 6.07) is 7.88. The number of aromatic nitrogens is 3. The van der Waals surface area contributed by atoms with Gasteiger partial charge in [0.15, 0.2) is 0 Å². The molecule has 126 valence electrons. The first-order chi connectivity index (χ1) is 12.0. The molecule has 0 atom stereocenters. The molecule has 0 spiro atoms. The second-order valence-corrected chi connectivity index (χ2v) is 5.41. The van der Waals surface area contributed by atoms with Crippen molar-refractivity contribution in [3.05, 3.63) is 76.0 Å². The summed E-state index contributed by atoms with van der Waals surface area (Å²) in [6.45, 7) is 3.42. The highest BCUT2D eigenvalue weighted by Gasteiger charge is 2.18. The molecule has 0 unspecified atom stereocenters. The molecular weight excluding hydrogens is 322 g/mol. The van der Waals surface area contributed by atoms with Crippen LogP contribution in [0, 0.1) is 24.0 Å². The van der Waals surface area contributed by atoms with Gasteiger partial charge in [-0.25, -0.2) is 9.97 Å². The van der Waals surface area contributed by atoms with Crippen molar-refractivity contribution in [3.8, 4) is 5.82 Å². The summed E-state index contributed by atoms with van der Waals surface area (Å²) in [5, 5.41) is 13.7. The molecule has 0 saturated heterocycles. The lowest BCUT2D eigenvalue weighted by molar-refractivity contribution is -0.385. The zero-order valence-corrected chi connectivity index (χ0v) is 13.6. The molecule has 3 aromatic rings. The first-order valence-electron chi connectivity index (χ1n) is 7.49. The van der Waals surface area contributed by atoms with Crippen LogP contribution in [0.25, 0.3) is 5.82 Å². The van der Waals surface area contributed by atoms with Crippen LogP contribution < -0.4 is 5.32 Å². The van der Waals surface area contributed by atoms with Crippen LogP contribution in [0.3, 0.4) is 0 Å². The number of benzene rings is 1. The van der Waals surface area contributed by atoms with Crippen molar-refractivity contribution >= 4 is 17.3 Å². The third kappa shape index (κ3) is 3.23. The van der Waals surface area contributed by atoms with Crippen LogP contribution >= 0.6 is 0 Å². The number of nitrogens with zero attached hydrogens (tertiary/aromatic N) is 4. The van der Waals surface area contributed by atoms with Crippen LogP contribution in [0.5, 0.6) is 0 Å². The number of hydrogen-bond acceptors (Lipinski definition) is 5. The lowest BCUT2D eigenvalue weighted by atomic mass is 10.1. The van der Waals surface area contributed by atoms with Crippen LogP contribution in [-0.4, -0.2) is 25.4 Å². The van der Waals surface area contributed by atoms with Crippen LogP contribution in [0.1, 0.15) is 21.7 Å². The number of nitrogens with one attached hydrogen (secondary N) is 1. The summed E-state index contributed by atoms with van der Waals surface area (Å²) < 4.78 is 1.82. The van der Waals surface area contributed by atoms with Crippen LogP contribution in [0.4, 0.5) is 11.4 Å². The molecule has 0 aliphatic carbocycles. The molecule has 1 amide bonds. The number of hydrogen-bond donors (Lipinski definition) is 1. The largest absolute Gasteiger partial charge is 0.321 e. The number of carbonyl (C=O) groups is 1. The van der Waals surface area contributed by atoms with Crippen LogP contribution in [0.15, 0.2) is 48.9 Å². The lowest BCUT2D eigenvalue weighted by Gasteiger charge is -2.09. The molecule has 0 aliphatic heterocycles. The summed E-state index contributed by atoms with van der Waals surface area (Å²) in [6.07, 6.45) is 5.00. The van der Waals surface area contributed by atoms with E-state index in [9.17, 15) is 14.9 Å². The van der Waals surface area contributed by atoms with Crippen molar-refractivity contribution in [1.29, 1.82) is 0 Å². The maximum Gasteiger partial charge on any atom is 0.273 e. The smallest absolute Gasteiger partial charge is 0.273 e. The monoisotopic (exact) mass is 337 g/mol. The minimum atomic E-state index is -0.504. The topological polar surface area (TPSA) is 103 Å². The quantitative estimate of drug-likeness (QED) is 0.582. The number of rotatable bonds is 4. The number of nitro groups is 1. The fraction of sp³-hybridized carbons (Fsp3) is 0.118. The molecule has 2 heterocycles. The Morgan fingerprint density at radius 1 is 1.20 bits per heavy atom. The van der Waals surface area contributed by atoms with Gasteiger partial charge >= 0.3 is 0 Å². The Bertz CT molecular complexity index is 947. The fourth-order valence-corrected chi connectivity index (χ4v) is 2.49. The third-order valence-electron chi connectivity index (χ3n) is 3.82. The van der Waals surface area contributed by atoms with Crippen LogP contribution in [0.2, 0.25) is 0 Å². The normalized spacial score (nSPS) is 10.5. The first-order valence-corrected chi connectivity index (χ1v) is 7.49. The zero-order valence-electron chi connectivity index (χ0n) is 13.6. The van der Waals surface area contributed by atoms with Gasteiger partial charge in [-0.3, -0.25) is 19.5 Å². The Labute approximate surface area is 143 Å². The van der Waals surface area contributed by atoms with Gasteiger partial charge in [-0.2, -0.15) is 0 Å². The van der Waals surface area contributed by atoms with Crippen LogP contribution in [-0.2, 0) is 0 Å². The first kappa shape index (κ1) is 16.3. The molecule has 1 aromatic carbocycles. The molecule has 0 aliphatic rings. The van der Waals surface area contributed by atoms with Crippen molar-refractivity contribution in [2.45, 2.75) is 13.8 Å². The average molecular weight is 337 g/mol. The van der Waals surface area contributed by atoms with E-state index in [1.165, 1.54) is 18.3 Å². The Kier molecular flexibility index (Phi) is 4.25. The van der Waals surface area contributed by atoms with Gasteiger partial charge < -0.3 is 5.32 Å². The van der Waals surface area contributed by atoms with E-state index in [1.54, 1.807) is 37.5 Å². The molecular formula is C17H15N5O3. The number of pyridine rings is 1. The van der Waals surface area contributed by atoms with E-state index in [1.807, 2.05) is 11.5 Å². The average Bonchev–Trinajstić information content (AvgIpc) is 3.01. The molecule has 0 fully saturated rings. The molecule has 3 rings (SSSR count). The molecule has 0 saturated carbocycles. The van der Waals surface area contributed by atoms with Gasteiger partial charge in [-0.1, -0.05) is 6.07 Å². The number of aryl methyl sites for hydroxylation is 1. The Morgan fingerprint density at radius 2 is 2.00 bits per heavy atom. The lowest BCUT2D eigenvalue weighted by Crippen LogP contribution is -2.14. The molecule has 0 radical (unpaired) electrons. The Hall–Kier alpha value is -3.55. The summed E-state index contributed by atoms with van der Waals surface area (Å²) in [5.41, 5.74) is 0.987. The summed E-state index contributed by atoms with van der Waals surface area (Å²) in [4.78, 5) is 31.3. The highest BCUT2D eigenvalue weighted by molar-refractivity contribution is 6.05. The van der Waals surface area contributed by atoms with Gasteiger partial charge in [0.05, 0.1) is 16.8 Å². The Morgan fingerprint density at radius 3 is 2.60 bits per heavy atom. The number of carbonyl (C=O) groups excluding carboxylic acids is 1. The second kappa shape index (κ2) is 6.52. The number of amides is 1. The predicted octanol–water partition coefficient (Wildman–Crippen LogP) is 3.04. The number of anilines is 1. The fourth-order valence-electron chi connectivity index (χ4n) is 2.49. The molecule has 2 aromatic heterocycles. The van der Waals surface area contributed by atoms with Gasteiger partial charge in [-0.05, 0) is 32.0 Å². The van der Waals surface area contributed by atoms with E-state index in [0.717, 1.165) is 5.82 Å². The second-order valence-electron chi connectivity index (χ2n) is 5.41. The van der Waals surface area contributed by atoms with E-state index < -0.39 is 10.8 Å². The van der Waals surface area contributed by atoms with E-state index in [0.29, 0.717) is 17.1 Å². The van der Waals surface area contributed by atoms with Crippen molar-refractivity contribution in [2.24, 2.45) is 0 Å². The maximum absolute atomic E-state index is 12.4.